The second kappa shape index (κ2) is 6.11. The van der Waals surface area contributed by atoms with Crippen LogP contribution in [0.3, 0.4) is 0 Å². The summed E-state index contributed by atoms with van der Waals surface area (Å²) in [5, 5.41) is 6.22. The first kappa shape index (κ1) is 15.3. The number of halogens is 1. The minimum atomic E-state index is -3.03. The number of aryl methyl sites for hydroxylation is 1. The van der Waals surface area contributed by atoms with Crippen molar-refractivity contribution in [1.29, 1.82) is 0 Å². The van der Waals surface area contributed by atoms with Crippen LogP contribution in [-0.4, -0.2) is 38.4 Å². The Morgan fingerprint density at radius 2 is 2.25 bits per heavy atom. The molecule has 0 saturated carbocycles. The van der Waals surface area contributed by atoms with E-state index in [1.54, 1.807) is 12.1 Å². The number of nitrogens with one attached hydrogen (secondary N) is 2. The fraction of sp³-hybridized carbons (Fsp3) is 0.462. The van der Waals surface area contributed by atoms with Gasteiger partial charge < -0.3 is 10.6 Å². The summed E-state index contributed by atoms with van der Waals surface area (Å²) < 4.78 is 23.0. The molecule has 110 valence electrons. The quantitative estimate of drug-likeness (QED) is 0.883. The van der Waals surface area contributed by atoms with Gasteiger partial charge in [0.2, 0.25) is 5.91 Å². The number of carbonyl (C=O) groups is 1. The van der Waals surface area contributed by atoms with E-state index in [9.17, 15) is 13.2 Å². The van der Waals surface area contributed by atoms with Gasteiger partial charge in [0.05, 0.1) is 22.2 Å². The Morgan fingerprint density at radius 3 is 2.90 bits per heavy atom. The normalized spacial score (nSPS) is 21.4. The SMILES string of the molecule is Cc1ccc(NC(=O)CC2CS(=O)(=O)CCN2)c(Cl)c1. The van der Waals surface area contributed by atoms with Crippen molar-refractivity contribution in [1.82, 2.24) is 5.32 Å². The third-order valence-corrected chi connectivity index (χ3v) is 5.18. The van der Waals surface area contributed by atoms with Crippen LogP contribution in [0.5, 0.6) is 0 Å². The first-order valence-corrected chi connectivity index (χ1v) is 8.55. The molecule has 7 heteroatoms. The second-order valence-electron chi connectivity index (χ2n) is 5.00. The second-order valence-corrected chi connectivity index (χ2v) is 7.64. The lowest BCUT2D eigenvalue weighted by Gasteiger charge is -2.23. The Kier molecular flexibility index (Phi) is 4.67. The summed E-state index contributed by atoms with van der Waals surface area (Å²) in [6.07, 6.45) is 0.115. The predicted octanol–water partition coefficient (Wildman–Crippen LogP) is 1.36. The summed E-state index contributed by atoms with van der Waals surface area (Å²) in [6.45, 7) is 2.31. The van der Waals surface area contributed by atoms with Crippen LogP contribution >= 0.6 is 11.6 Å². The number of hydrogen-bond donors (Lipinski definition) is 2. The molecule has 0 aliphatic carbocycles. The number of anilines is 1. The zero-order chi connectivity index (χ0) is 14.8. The summed E-state index contributed by atoms with van der Waals surface area (Å²) in [5.41, 5.74) is 1.55. The van der Waals surface area contributed by atoms with Crippen molar-refractivity contribution in [3.63, 3.8) is 0 Å². The molecule has 1 unspecified atom stereocenters. The summed E-state index contributed by atoms with van der Waals surface area (Å²) in [6, 6.07) is 5.02. The molecule has 1 heterocycles. The van der Waals surface area contributed by atoms with Gasteiger partial charge in [0.1, 0.15) is 0 Å². The van der Waals surface area contributed by atoms with E-state index in [0.717, 1.165) is 5.56 Å². The minimum Gasteiger partial charge on any atom is -0.325 e. The molecule has 1 aromatic rings. The van der Waals surface area contributed by atoms with Crippen LogP contribution in [0, 0.1) is 6.92 Å². The first-order valence-electron chi connectivity index (χ1n) is 6.35. The molecule has 1 atom stereocenters. The Bertz CT molecular complexity index is 616. The molecule has 0 radical (unpaired) electrons. The van der Waals surface area contributed by atoms with Gasteiger partial charge in [-0.1, -0.05) is 17.7 Å². The summed E-state index contributed by atoms with van der Waals surface area (Å²) >= 11 is 6.04. The zero-order valence-corrected chi connectivity index (χ0v) is 12.7. The highest BCUT2D eigenvalue weighted by atomic mass is 35.5. The lowest BCUT2D eigenvalue weighted by Crippen LogP contribution is -2.46. The van der Waals surface area contributed by atoms with Crippen molar-refractivity contribution in [3.05, 3.63) is 28.8 Å². The van der Waals surface area contributed by atoms with Gasteiger partial charge in [0, 0.05) is 19.0 Å². The molecule has 0 bridgehead atoms. The topological polar surface area (TPSA) is 75.3 Å². The first-order chi connectivity index (χ1) is 9.35. The van der Waals surface area contributed by atoms with E-state index in [-0.39, 0.29) is 29.9 Å². The van der Waals surface area contributed by atoms with E-state index >= 15 is 0 Å². The molecular formula is C13H17ClN2O3S. The van der Waals surface area contributed by atoms with E-state index in [4.69, 9.17) is 11.6 Å². The molecule has 1 amide bonds. The summed E-state index contributed by atoms with van der Waals surface area (Å²) in [7, 11) is -3.03. The Morgan fingerprint density at radius 1 is 1.50 bits per heavy atom. The standard InChI is InChI=1S/C13H17ClN2O3S/c1-9-2-3-12(11(14)6-9)16-13(17)7-10-8-20(18,19)5-4-15-10/h2-3,6,10,15H,4-5,7-8H2,1H3,(H,16,17). The molecule has 1 fully saturated rings. The molecule has 0 spiro atoms. The molecule has 0 aromatic heterocycles. The highest BCUT2D eigenvalue weighted by Gasteiger charge is 2.26. The van der Waals surface area contributed by atoms with Gasteiger partial charge in [-0.2, -0.15) is 0 Å². The molecule has 1 aromatic carbocycles. The van der Waals surface area contributed by atoms with Crippen LogP contribution < -0.4 is 10.6 Å². The van der Waals surface area contributed by atoms with E-state index in [0.29, 0.717) is 17.3 Å². The largest absolute Gasteiger partial charge is 0.325 e. The number of rotatable bonds is 3. The average molecular weight is 317 g/mol. The van der Waals surface area contributed by atoms with Gasteiger partial charge in [0.25, 0.3) is 0 Å². The fourth-order valence-electron chi connectivity index (χ4n) is 2.14. The zero-order valence-electron chi connectivity index (χ0n) is 11.1. The maximum absolute atomic E-state index is 11.9. The van der Waals surface area contributed by atoms with Crippen molar-refractivity contribution in [3.8, 4) is 0 Å². The fourth-order valence-corrected chi connectivity index (χ4v) is 3.87. The Balaban J connectivity index is 1.95. The van der Waals surface area contributed by atoms with Crippen molar-refractivity contribution >= 4 is 33.0 Å². The molecule has 1 aliphatic heterocycles. The maximum Gasteiger partial charge on any atom is 0.226 e. The minimum absolute atomic E-state index is 0.00203. The molecule has 5 nitrogen and oxygen atoms in total. The molecular weight excluding hydrogens is 300 g/mol. The Hall–Kier alpha value is -1.11. The molecule has 2 N–H and O–H groups in total. The van der Waals surface area contributed by atoms with Gasteiger partial charge in [0.15, 0.2) is 9.84 Å². The van der Waals surface area contributed by atoms with E-state index < -0.39 is 9.84 Å². The molecule has 20 heavy (non-hydrogen) atoms. The third-order valence-electron chi connectivity index (χ3n) is 3.13. The maximum atomic E-state index is 11.9. The number of sulfone groups is 1. The number of amides is 1. The van der Waals surface area contributed by atoms with Crippen LogP contribution in [0.2, 0.25) is 5.02 Å². The number of benzene rings is 1. The molecule has 1 saturated heterocycles. The van der Waals surface area contributed by atoms with Crippen LogP contribution in [0.1, 0.15) is 12.0 Å². The number of carbonyl (C=O) groups excluding carboxylic acids is 1. The highest BCUT2D eigenvalue weighted by molar-refractivity contribution is 7.91. The molecule has 1 aliphatic rings. The van der Waals surface area contributed by atoms with Crippen molar-refractivity contribution in [2.45, 2.75) is 19.4 Å². The molecule has 2 rings (SSSR count). The smallest absolute Gasteiger partial charge is 0.226 e. The monoisotopic (exact) mass is 316 g/mol. The van der Waals surface area contributed by atoms with Crippen LogP contribution in [-0.2, 0) is 14.6 Å². The van der Waals surface area contributed by atoms with Crippen LogP contribution in [0.25, 0.3) is 0 Å². The van der Waals surface area contributed by atoms with Gasteiger partial charge >= 0.3 is 0 Å². The Labute approximate surface area is 123 Å². The summed E-state index contributed by atoms with van der Waals surface area (Å²) in [5.74, 6) is -0.109. The van der Waals surface area contributed by atoms with Gasteiger partial charge in [-0.3, -0.25) is 4.79 Å². The van der Waals surface area contributed by atoms with E-state index in [1.165, 1.54) is 0 Å². The van der Waals surface area contributed by atoms with E-state index in [1.807, 2.05) is 13.0 Å². The highest BCUT2D eigenvalue weighted by Crippen LogP contribution is 2.23. The van der Waals surface area contributed by atoms with Gasteiger partial charge in [-0.25, -0.2) is 8.42 Å². The lowest BCUT2D eigenvalue weighted by atomic mass is 10.2. The summed E-state index contributed by atoms with van der Waals surface area (Å²) in [4.78, 5) is 11.9. The predicted molar refractivity (Wildman–Crippen MR) is 79.9 cm³/mol. The van der Waals surface area contributed by atoms with Crippen molar-refractivity contribution < 1.29 is 13.2 Å². The van der Waals surface area contributed by atoms with Crippen molar-refractivity contribution in [2.24, 2.45) is 0 Å². The van der Waals surface area contributed by atoms with Crippen LogP contribution in [0.15, 0.2) is 18.2 Å². The lowest BCUT2D eigenvalue weighted by molar-refractivity contribution is -0.116. The third kappa shape index (κ3) is 4.19. The van der Waals surface area contributed by atoms with Crippen molar-refractivity contribution in [2.75, 3.05) is 23.4 Å². The van der Waals surface area contributed by atoms with E-state index in [2.05, 4.69) is 10.6 Å². The van der Waals surface area contributed by atoms with Gasteiger partial charge in [-0.15, -0.1) is 0 Å². The van der Waals surface area contributed by atoms with Gasteiger partial charge in [-0.05, 0) is 24.6 Å². The van der Waals surface area contributed by atoms with Crippen LogP contribution in [0.4, 0.5) is 5.69 Å². The number of hydrogen-bond acceptors (Lipinski definition) is 4. The average Bonchev–Trinajstić information content (AvgIpc) is 2.31.